The highest BCUT2D eigenvalue weighted by Crippen LogP contribution is 2.26. The molecule has 0 atom stereocenters. The number of nitrogens with one attached hydrogen (secondary N) is 2. The smallest absolute Gasteiger partial charge is 0.258 e. The third-order valence-electron chi connectivity index (χ3n) is 3.45. The van der Waals surface area contributed by atoms with Crippen LogP contribution in [0.2, 0.25) is 0 Å². The van der Waals surface area contributed by atoms with E-state index in [2.05, 4.69) is 36.8 Å². The second-order valence-corrected chi connectivity index (χ2v) is 8.43. The van der Waals surface area contributed by atoms with Crippen molar-refractivity contribution in [3.8, 4) is 5.75 Å². The maximum atomic E-state index is 12.3. The van der Waals surface area contributed by atoms with E-state index >= 15 is 0 Å². The zero-order valence-electron chi connectivity index (χ0n) is 14.6. The number of ether oxygens (including phenoxy) is 1. The summed E-state index contributed by atoms with van der Waals surface area (Å²) in [6, 6.07) is 14.2. The summed E-state index contributed by atoms with van der Waals surface area (Å²) in [4.78, 5) is 24.3. The maximum absolute atomic E-state index is 12.3. The summed E-state index contributed by atoms with van der Waals surface area (Å²) >= 11 is 5.80. The van der Waals surface area contributed by atoms with Gasteiger partial charge >= 0.3 is 0 Å². The highest BCUT2D eigenvalue weighted by atomic mass is 79.9. The molecule has 10 heteroatoms. The molecular formula is C18H15BrN4O3S2. The van der Waals surface area contributed by atoms with Crippen LogP contribution in [-0.4, -0.2) is 34.9 Å². The minimum absolute atomic E-state index is 0.163. The summed E-state index contributed by atoms with van der Waals surface area (Å²) in [6.45, 7) is 0. The van der Waals surface area contributed by atoms with E-state index in [0.717, 1.165) is 5.75 Å². The Balaban J connectivity index is 1.50. The normalized spacial score (nSPS) is 10.4. The van der Waals surface area contributed by atoms with Gasteiger partial charge in [-0.1, -0.05) is 35.2 Å². The quantitative estimate of drug-likeness (QED) is 0.388. The highest BCUT2D eigenvalue weighted by Gasteiger charge is 2.13. The largest absolute Gasteiger partial charge is 0.497 e. The van der Waals surface area contributed by atoms with Crippen molar-refractivity contribution >= 4 is 61.7 Å². The Labute approximate surface area is 178 Å². The SMILES string of the molecule is COc1ccc(NC(=O)CSc2nnc(NC(=O)c3ccccc3Br)s2)cc1. The molecule has 1 heterocycles. The van der Waals surface area contributed by atoms with E-state index in [1.807, 2.05) is 6.07 Å². The molecule has 0 aliphatic rings. The van der Waals surface area contributed by atoms with Gasteiger partial charge < -0.3 is 10.1 Å². The van der Waals surface area contributed by atoms with Crippen LogP contribution in [0.3, 0.4) is 0 Å². The van der Waals surface area contributed by atoms with Gasteiger partial charge in [0.05, 0.1) is 18.4 Å². The molecule has 2 N–H and O–H groups in total. The molecule has 7 nitrogen and oxygen atoms in total. The van der Waals surface area contributed by atoms with Gasteiger partial charge in [0.15, 0.2) is 4.34 Å². The summed E-state index contributed by atoms with van der Waals surface area (Å²) in [7, 11) is 1.58. The third kappa shape index (κ3) is 5.54. The second kappa shape index (κ2) is 9.67. The summed E-state index contributed by atoms with van der Waals surface area (Å²) in [5.74, 6) is 0.457. The van der Waals surface area contributed by atoms with Gasteiger partial charge in [-0.25, -0.2) is 0 Å². The fraction of sp³-hybridized carbons (Fsp3) is 0.111. The molecule has 28 heavy (non-hydrogen) atoms. The summed E-state index contributed by atoms with van der Waals surface area (Å²) < 4.78 is 6.37. The van der Waals surface area contributed by atoms with E-state index in [-0.39, 0.29) is 17.6 Å². The Morgan fingerprint density at radius 3 is 2.57 bits per heavy atom. The molecule has 144 valence electrons. The lowest BCUT2D eigenvalue weighted by Crippen LogP contribution is -2.13. The molecular weight excluding hydrogens is 464 g/mol. The van der Waals surface area contributed by atoms with Crippen molar-refractivity contribution in [3.05, 3.63) is 58.6 Å². The van der Waals surface area contributed by atoms with Crippen LogP contribution < -0.4 is 15.4 Å². The number of amides is 2. The van der Waals surface area contributed by atoms with Crippen LogP contribution in [0.25, 0.3) is 0 Å². The number of halogens is 1. The molecule has 3 rings (SSSR count). The van der Waals surface area contributed by atoms with Gasteiger partial charge in [0, 0.05) is 10.2 Å². The maximum Gasteiger partial charge on any atom is 0.258 e. The fourth-order valence-corrected chi connectivity index (χ4v) is 4.14. The molecule has 0 aliphatic carbocycles. The third-order valence-corrected chi connectivity index (χ3v) is 6.11. The van der Waals surface area contributed by atoms with E-state index in [4.69, 9.17) is 4.74 Å². The first-order valence-electron chi connectivity index (χ1n) is 8.01. The minimum Gasteiger partial charge on any atom is -0.497 e. The van der Waals surface area contributed by atoms with Gasteiger partial charge in [0.2, 0.25) is 11.0 Å². The van der Waals surface area contributed by atoms with E-state index < -0.39 is 0 Å². The van der Waals surface area contributed by atoms with Crippen molar-refractivity contribution in [1.29, 1.82) is 0 Å². The van der Waals surface area contributed by atoms with E-state index in [1.165, 1.54) is 23.1 Å². The number of hydrogen-bond acceptors (Lipinski definition) is 7. The topological polar surface area (TPSA) is 93.2 Å². The Morgan fingerprint density at radius 1 is 1.11 bits per heavy atom. The van der Waals surface area contributed by atoms with Crippen LogP contribution in [0.5, 0.6) is 5.75 Å². The first kappa shape index (κ1) is 20.3. The Hall–Kier alpha value is -2.43. The standard InChI is InChI=1S/C18H15BrN4O3S2/c1-26-12-8-6-11(7-9-12)20-15(24)10-27-18-23-22-17(28-18)21-16(25)13-4-2-3-5-14(13)19/h2-9H,10H2,1H3,(H,20,24)(H,21,22,25). The Kier molecular flexibility index (Phi) is 7.01. The number of aromatic nitrogens is 2. The fourth-order valence-electron chi connectivity index (χ4n) is 2.13. The van der Waals surface area contributed by atoms with Crippen molar-refractivity contribution in [1.82, 2.24) is 10.2 Å². The Morgan fingerprint density at radius 2 is 1.86 bits per heavy atom. The van der Waals surface area contributed by atoms with Crippen molar-refractivity contribution in [2.75, 3.05) is 23.5 Å². The van der Waals surface area contributed by atoms with E-state index in [9.17, 15) is 9.59 Å². The molecule has 0 saturated heterocycles. The monoisotopic (exact) mass is 478 g/mol. The van der Waals surface area contributed by atoms with E-state index in [1.54, 1.807) is 49.6 Å². The average molecular weight is 479 g/mol. The zero-order chi connectivity index (χ0) is 19.9. The average Bonchev–Trinajstić information content (AvgIpc) is 3.14. The predicted molar refractivity (Wildman–Crippen MR) is 114 cm³/mol. The number of methoxy groups -OCH3 is 1. The lowest BCUT2D eigenvalue weighted by molar-refractivity contribution is -0.113. The molecule has 0 fully saturated rings. The van der Waals surface area contributed by atoms with Crippen molar-refractivity contribution < 1.29 is 14.3 Å². The Bertz CT molecular complexity index is 979. The van der Waals surface area contributed by atoms with Gasteiger partial charge in [-0.3, -0.25) is 14.9 Å². The van der Waals surface area contributed by atoms with Gasteiger partial charge in [0.25, 0.3) is 5.91 Å². The molecule has 3 aromatic rings. The first-order chi connectivity index (χ1) is 13.5. The number of carbonyl (C=O) groups is 2. The van der Waals surface area contributed by atoms with Crippen molar-refractivity contribution in [3.63, 3.8) is 0 Å². The van der Waals surface area contributed by atoms with Gasteiger partial charge in [-0.05, 0) is 52.3 Å². The summed E-state index contributed by atoms with van der Waals surface area (Å²) in [5, 5.41) is 13.8. The van der Waals surface area contributed by atoms with Gasteiger partial charge in [0.1, 0.15) is 5.75 Å². The molecule has 2 aromatic carbocycles. The number of thioether (sulfide) groups is 1. The summed E-state index contributed by atoms with van der Waals surface area (Å²) in [6.07, 6.45) is 0. The number of rotatable bonds is 7. The zero-order valence-corrected chi connectivity index (χ0v) is 17.9. The van der Waals surface area contributed by atoms with Gasteiger partial charge in [-0.15, -0.1) is 10.2 Å². The molecule has 0 bridgehead atoms. The van der Waals surface area contributed by atoms with Crippen LogP contribution in [-0.2, 0) is 4.79 Å². The second-order valence-electron chi connectivity index (χ2n) is 5.37. The highest BCUT2D eigenvalue weighted by molar-refractivity contribution is 9.10. The molecule has 1 aromatic heterocycles. The molecule has 0 spiro atoms. The van der Waals surface area contributed by atoms with Gasteiger partial charge in [-0.2, -0.15) is 0 Å². The molecule has 2 amide bonds. The van der Waals surface area contributed by atoms with Crippen LogP contribution in [0, 0.1) is 0 Å². The number of benzene rings is 2. The van der Waals surface area contributed by atoms with Crippen LogP contribution in [0.15, 0.2) is 57.3 Å². The van der Waals surface area contributed by atoms with E-state index in [0.29, 0.717) is 25.2 Å². The van der Waals surface area contributed by atoms with Crippen molar-refractivity contribution in [2.45, 2.75) is 4.34 Å². The molecule has 0 unspecified atom stereocenters. The molecule has 0 saturated carbocycles. The van der Waals surface area contributed by atoms with Crippen LogP contribution in [0.4, 0.5) is 10.8 Å². The number of carbonyl (C=O) groups excluding carboxylic acids is 2. The van der Waals surface area contributed by atoms with Crippen LogP contribution >= 0.6 is 39.0 Å². The predicted octanol–water partition coefficient (Wildman–Crippen LogP) is 4.29. The summed E-state index contributed by atoms with van der Waals surface area (Å²) in [5.41, 5.74) is 1.19. The lowest BCUT2D eigenvalue weighted by Gasteiger charge is -2.05. The van der Waals surface area contributed by atoms with Crippen molar-refractivity contribution in [2.24, 2.45) is 0 Å². The lowest BCUT2D eigenvalue weighted by atomic mass is 10.2. The number of hydrogen-bond donors (Lipinski definition) is 2. The minimum atomic E-state index is -0.280. The number of anilines is 2. The molecule has 0 radical (unpaired) electrons. The van der Waals surface area contributed by atoms with Crippen LogP contribution in [0.1, 0.15) is 10.4 Å². The first-order valence-corrected chi connectivity index (χ1v) is 10.6. The number of nitrogens with zero attached hydrogens (tertiary/aromatic N) is 2. The molecule has 0 aliphatic heterocycles.